The molecule has 0 spiro atoms. The predicted octanol–water partition coefficient (Wildman–Crippen LogP) is 6.31. The van der Waals surface area contributed by atoms with Crippen molar-refractivity contribution in [3.05, 3.63) is 83.0 Å². The van der Waals surface area contributed by atoms with Gasteiger partial charge in [-0.1, -0.05) is 37.6 Å². The zero-order valence-corrected chi connectivity index (χ0v) is 31.5. The molecular weight excluding hydrogens is 656 g/mol. The summed E-state index contributed by atoms with van der Waals surface area (Å²) in [6, 6.07) is 18.9. The van der Waals surface area contributed by atoms with Crippen molar-refractivity contribution in [1.29, 1.82) is 0 Å². The zero-order chi connectivity index (χ0) is 36.8. The first-order valence-corrected chi connectivity index (χ1v) is 18.2. The molecule has 1 N–H and O–H groups in total. The van der Waals surface area contributed by atoms with Crippen molar-refractivity contribution in [2.24, 2.45) is 0 Å². The van der Waals surface area contributed by atoms with Gasteiger partial charge in [-0.2, -0.15) is 4.98 Å². The van der Waals surface area contributed by atoms with Crippen molar-refractivity contribution in [3.8, 4) is 28.9 Å². The van der Waals surface area contributed by atoms with E-state index in [9.17, 15) is 5.11 Å². The summed E-state index contributed by atoms with van der Waals surface area (Å²) in [7, 11) is 7.63. The van der Waals surface area contributed by atoms with Crippen LogP contribution < -0.4 is 24.0 Å². The molecule has 1 fully saturated rings. The number of aromatic nitrogens is 5. The molecule has 0 aliphatic carbocycles. The summed E-state index contributed by atoms with van der Waals surface area (Å²) in [6.07, 6.45) is 5.64. The van der Waals surface area contributed by atoms with Crippen molar-refractivity contribution in [2.75, 3.05) is 51.2 Å². The molecule has 1 aliphatic rings. The van der Waals surface area contributed by atoms with Crippen LogP contribution in [0.3, 0.4) is 0 Å². The van der Waals surface area contributed by atoms with Crippen molar-refractivity contribution in [2.45, 2.75) is 78.3 Å². The molecule has 4 heterocycles. The fraction of sp³-hybridized carbons (Fsp3) is 0.450. The van der Waals surface area contributed by atoms with Crippen molar-refractivity contribution >= 4 is 17.3 Å². The molecule has 1 saturated heterocycles. The van der Waals surface area contributed by atoms with Crippen LogP contribution in [0.5, 0.6) is 17.5 Å². The number of aryl methyl sites for hydroxylation is 1. The van der Waals surface area contributed by atoms with E-state index in [1.165, 1.54) is 0 Å². The van der Waals surface area contributed by atoms with Gasteiger partial charge in [-0.05, 0) is 94.2 Å². The number of hydrogen-bond donors (Lipinski definition) is 1. The summed E-state index contributed by atoms with van der Waals surface area (Å²) >= 11 is 0. The van der Waals surface area contributed by atoms with Crippen LogP contribution in [0, 0.1) is 6.92 Å². The molecule has 52 heavy (non-hydrogen) atoms. The molecule has 1 unspecified atom stereocenters. The number of benzene rings is 2. The number of aliphatic hydroxyl groups excluding tert-OH is 1. The molecule has 5 aromatic rings. The molecule has 1 atom stereocenters. The summed E-state index contributed by atoms with van der Waals surface area (Å²) in [6.45, 7) is 8.95. The summed E-state index contributed by atoms with van der Waals surface area (Å²) in [4.78, 5) is 22.1. The van der Waals surface area contributed by atoms with Gasteiger partial charge in [-0.25, -0.2) is 14.5 Å². The number of methoxy groups -OCH3 is 2. The largest absolute Gasteiger partial charge is 0.497 e. The van der Waals surface area contributed by atoms with Gasteiger partial charge in [-0.15, -0.1) is 5.10 Å². The molecule has 3 aromatic heterocycles. The van der Waals surface area contributed by atoms with Gasteiger partial charge in [0.2, 0.25) is 0 Å². The number of anilines is 2. The number of hydrogen-bond acceptors (Lipinski definition) is 11. The third-order valence-electron chi connectivity index (χ3n) is 9.86. The van der Waals surface area contributed by atoms with E-state index in [1.54, 1.807) is 24.9 Å². The lowest BCUT2D eigenvalue weighted by Gasteiger charge is -2.36. The molecule has 2 aromatic carbocycles. The van der Waals surface area contributed by atoms with Crippen LogP contribution in [-0.2, 0) is 19.7 Å². The van der Waals surface area contributed by atoms with E-state index in [0.717, 1.165) is 72.8 Å². The van der Waals surface area contributed by atoms with E-state index >= 15 is 0 Å². The van der Waals surface area contributed by atoms with E-state index in [1.807, 2.05) is 37.3 Å². The molecule has 12 nitrogen and oxygen atoms in total. The smallest absolute Gasteiger partial charge is 0.336 e. The summed E-state index contributed by atoms with van der Waals surface area (Å²) in [5.74, 6) is 3.12. The van der Waals surface area contributed by atoms with E-state index in [4.69, 9.17) is 34.3 Å². The van der Waals surface area contributed by atoms with E-state index < -0.39 is 0 Å². The lowest BCUT2D eigenvalue weighted by molar-refractivity contribution is 0.189. The Kier molecular flexibility index (Phi) is 11.8. The highest BCUT2D eigenvalue weighted by Gasteiger charge is 2.26. The molecule has 0 amide bonds. The number of pyridine rings is 1. The highest BCUT2D eigenvalue weighted by molar-refractivity contribution is 5.72. The van der Waals surface area contributed by atoms with E-state index in [-0.39, 0.29) is 18.7 Å². The molecule has 0 radical (unpaired) electrons. The standard InChI is InChI=1S/C40H52N8O4/c1-8-9-28(3)52-40-43-39(47(24-29-10-14-33(50-6)15-11-29)25-30-12-16-34(51-7)17-13-30)38-41-23-35(48(38)44-40)36-31(26-49)22-27(2)37(42-36)46-20-18-32(19-21-46)45(4)5/h10-17,22-23,28,32,49H,8-9,18-21,24-26H2,1-7H3. The number of piperidine rings is 1. The van der Waals surface area contributed by atoms with E-state index in [0.29, 0.717) is 47.5 Å². The van der Waals surface area contributed by atoms with Crippen LogP contribution in [-0.4, -0.2) is 88.1 Å². The minimum absolute atomic E-state index is 0.0962. The lowest BCUT2D eigenvalue weighted by atomic mass is 10.0. The summed E-state index contributed by atoms with van der Waals surface area (Å²) < 4.78 is 19.0. The Hall–Kier alpha value is -4.94. The topological polar surface area (TPSA) is 114 Å². The van der Waals surface area contributed by atoms with Crippen LogP contribution in [0.15, 0.2) is 60.8 Å². The van der Waals surface area contributed by atoms with Gasteiger partial charge in [0.1, 0.15) is 23.0 Å². The van der Waals surface area contributed by atoms with Gasteiger partial charge in [0.25, 0.3) is 0 Å². The maximum atomic E-state index is 10.6. The van der Waals surface area contributed by atoms with Crippen LogP contribution in [0.2, 0.25) is 0 Å². The number of rotatable bonds is 15. The van der Waals surface area contributed by atoms with Crippen LogP contribution in [0.4, 0.5) is 11.6 Å². The van der Waals surface area contributed by atoms with Crippen molar-refractivity contribution in [1.82, 2.24) is 29.5 Å². The monoisotopic (exact) mass is 708 g/mol. The molecular formula is C40H52N8O4. The number of aliphatic hydroxyl groups is 1. The van der Waals surface area contributed by atoms with Gasteiger partial charge in [-0.3, -0.25) is 0 Å². The molecule has 0 bridgehead atoms. The van der Waals surface area contributed by atoms with Gasteiger partial charge in [0.15, 0.2) is 11.5 Å². The number of nitrogens with zero attached hydrogens (tertiary/aromatic N) is 8. The fourth-order valence-electron chi connectivity index (χ4n) is 6.94. The third-order valence-corrected chi connectivity index (χ3v) is 9.86. The number of ether oxygens (including phenoxy) is 3. The Morgan fingerprint density at radius 1 is 0.923 bits per heavy atom. The molecule has 1 aliphatic heterocycles. The normalized spacial score (nSPS) is 14.2. The Bertz CT molecular complexity index is 1870. The second-order valence-corrected chi connectivity index (χ2v) is 13.8. The first-order chi connectivity index (χ1) is 25.2. The molecule has 6 rings (SSSR count). The maximum Gasteiger partial charge on any atom is 0.336 e. The minimum atomic E-state index is -0.171. The van der Waals surface area contributed by atoms with Gasteiger partial charge >= 0.3 is 6.01 Å². The van der Waals surface area contributed by atoms with Gasteiger partial charge in [0.05, 0.1) is 38.8 Å². The van der Waals surface area contributed by atoms with Gasteiger partial charge in [0, 0.05) is 37.8 Å². The number of imidazole rings is 1. The van der Waals surface area contributed by atoms with Crippen LogP contribution in [0.1, 0.15) is 61.8 Å². The quantitative estimate of drug-likeness (QED) is 0.132. The first kappa shape index (κ1) is 36.8. The number of fused-ring (bicyclic) bond motifs is 1. The second-order valence-electron chi connectivity index (χ2n) is 13.8. The maximum absolute atomic E-state index is 10.6. The Balaban J connectivity index is 1.48. The average Bonchev–Trinajstić information content (AvgIpc) is 3.58. The highest BCUT2D eigenvalue weighted by Crippen LogP contribution is 2.33. The summed E-state index contributed by atoms with van der Waals surface area (Å²) in [5.41, 5.74) is 5.75. The second kappa shape index (κ2) is 16.6. The van der Waals surface area contributed by atoms with E-state index in [2.05, 4.69) is 66.9 Å². The highest BCUT2D eigenvalue weighted by atomic mass is 16.5. The Labute approximate surface area is 307 Å². The fourth-order valence-corrected chi connectivity index (χ4v) is 6.94. The van der Waals surface area contributed by atoms with Crippen molar-refractivity contribution in [3.63, 3.8) is 0 Å². The molecule has 276 valence electrons. The first-order valence-electron chi connectivity index (χ1n) is 18.2. The SMILES string of the molecule is CCCC(C)Oc1nc(N(Cc2ccc(OC)cc2)Cc2ccc(OC)cc2)c2ncc(-c3nc(N4CCC(N(C)C)CC4)c(C)cc3CO)n2n1. The molecule has 0 saturated carbocycles. The van der Waals surface area contributed by atoms with Crippen LogP contribution >= 0.6 is 0 Å². The van der Waals surface area contributed by atoms with Crippen LogP contribution in [0.25, 0.3) is 17.0 Å². The molecule has 12 heteroatoms. The van der Waals surface area contributed by atoms with Crippen molar-refractivity contribution < 1.29 is 19.3 Å². The average molecular weight is 709 g/mol. The summed E-state index contributed by atoms with van der Waals surface area (Å²) in [5, 5.41) is 15.5. The zero-order valence-electron chi connectivity index (χ0n) is 31.5. The Morgan fingerprint density at radius 2 is 1.54 bits per heavy atom. The predicted molar refractivity (Wildman–Crippen MR) is 204 cm³/mol. The van der Waals surface area contributed by atoms with Gasteiger partial charge < -0.3 is 34.0 Å². The lowest BCUT2D eigenvalue weighted by Crippen LogP contribution is -2.42. The third kappa shape index (κ3) is 8.24. The minimum Gasteiger partial charge on any atom is -0.497 e. The Morgan fingerprint density at radius 3 is 2.08 bits per heavy atom.